The summed E-state index contributed by atoms with van der Waals surface area (Å²) in [6.07, 6.45) is 3.41. The number of hydrogen-bond acceptors (Lipinski definition) is 10. The lowest BCUT2D eigenvalue weighted by Crippen LogP contribution is -2.48. The van der Waals surface area contributed by atoms with E-state index in [-0.39, 0.29) is 30.5 Å². The minimum Gasteiger partial charge on any atom is -0.496 e. The number of unbranched alkanes of at least 4 members (excludes halogenated alkanes) is 2. The van der Waals surface area contributed by atoms with Gasteiger partial charge in [0, 0.05) is 18.0 Å². The molecule has 0 amide bonds. The summed E-state index contributed by atoms with van der Waals surface area (Å²) in [6, 6.07) is 23.1. The Bertz CT molecular complexity index is 1700. The summed E-state index contributed by atoms with van der Waals surface area (Å²) in [5, 5.41) is 6.66. The highest BCUT2D eigenvalue weighted by atomic mass is 16.7. The van der Waals surface area contributed by atoms with Crippen LogP contribution in [0.5, 0.6) is 5.75 Å². The maximum absolute atomic E-state index is 14.1. The third-order valence-corrected chi connectivity index (χ3v) is 9.02. The number of fused-ring (bicyclic) bond motifs is 3. The molecule has 3 aliphatic rings. The van der Waals surface area contributed by atoms with E-state index < -0.39 is 18.2 Å². The van der Waals surface area contributed by atoms with E-state index in [1.165, 1.54) is 0 Å². The molecule has 2 heterocycles. The largest absolute Gasteiger partial charge is 0.513 e. The van der Waals surface area contributed by atoms with Crippen molar-refractivity contribution in [2.24, 2.45) is 4.99 Å². The molecule has 0 radical (unpaired) electrons. The molecular formula is C38H42N4O6. The smallest absolute Gasteiger partial charge is 0.496 e. The predicted molar refractivity (Wildman–Crippen MR) is 183 cm³/mol. The second kappa shape index (κ2) is 15.2. The van der Waals surface area contributed by atoms with Crippen molar-refractivity contribution in [1.29, 1.82) is 0 Å². The number of methoxy groups -OCH3 is 1. The van der Waals surface area contributed by atoms with Gasteiger partial charge in [-0.2, -0.15) is 0 Å². The zero-order valence-electron chi connectivity index (χ0n) is 27.7. The van der Waals surface area contributed by atoms with Crippen LogP contribution >= 0.6 is 0 Å². The fraction of sp³-hybridized carbons (Fsp3) is 0.342. The summed E-state index contributed by atoms with van der Waals surface area (Å²) in [6.45, 7) is 5.47. The molecule has 1 unspecified atom stereocenters. The van der Waals surface area contributed by atoms with E-state index in [9.17, 15) is 9.59 Å². The predicted octanol–water partition coefficient (Wildman–Crippen LogP) is 6.42. The van der Waals surface area contributed by atoms with E-state index in [1.807, 2.05) is 53.4 Å². The number of para-hydroxylation sites is 1. The molecule has 10 heteroatoms. The molecule has 2 aliphatic heterocycles. The van der Waals surface area contributed by atoms with Gasteiger partial charge in [0.2, 0.25) is 0 Å². The zero-order valence-corrected chi connectivity index (χ0v) is 27.7. The number of allylic oxidation sites excluding steroid dienone is 1. The summed E-state index contributed by atoms with van der Waals surface area (Å²) < 4.78 is 23.3. The standard InChI is InChI=1S/C38H42N4O6/c1-4-5-12-19-46-37(43)35(36(30-17-10-11-18-34(30)45-3)42-24-40-20-32-33(42)21-39-23-41-32)25(2)48-38(44)47-22-31-28-15-8-6-13-26(28)27-14-7-9-16-29(27)31/h6-11,13-18,23,31,36,40H,4-5,12,19-22,24H2,1-3H3,(H,39,41). The summed E-state index contributed by atoms with van der Waals surface area (Å²) in [4.78, 5) is 34.1. The fourth-order valence-electron chi connectivity index (χ4n) is 6.71. The molecule has 1 aliphatic carbocycles. The Morgan fingerprint density at radius 1 is 0.958 bits per heavy atom. The van der Waals surface area contributed by atoms with Crippen LogP contribution in [0.4, 0.5) is 4.79 Å². The Balaban J connectivity index is 1.34. The van der Waals surface area contributed by atoms with Gasteiger partial charge >= 0.3 is 12.1 Å². The Morgan fingerprint density at radius 3 is 2.40 bits per heavy atom. The number of nitrogens with zero attached hydrogens (tertiary/aromatic N) is 2. The van der Waals surface area contributed by atoms with Gasteiger partial charge in [0.15, 0.2) is 0 Å². The minimum absolute atomic E-state index is 0.0861. The van der Waals surface area contributed by atoms with Gasteiger partial charge in [0.25, 0.3) is 0 Å². The van der Waals surface area contributed by atoms with Gasteiger partial charge < -0.3 is 29.2 Å². The van der Waals surface area contributed by atoms with Crippen molar-refractivity contribution in [3.05, 3.63) is 112 Å². The normalized spacial score (nSPS) is 16.2. The molecule has 3 aromatic carbocycles. The highest BCUT2D eigenvalue weighted by Gasteiger charge is 2.38. The van der Waals surface area contributed by atoms with Gasteiger partial charge in [-0.1, -0.05) is 86.5 Å². The second-order valence-corrected chi connectivity index (χ2v) is 11.9. The van der Waals surface area contributed by atoms with Crippen molar-refractivity contribution in [3.63, 3.8) is 0 Å². The van der Waals surface area contributed by atoms with Crippen molar-refractivity contribution in [1.82, 2.24) is 15.5 Å². The molecule has 250 valence electrons. The molecule has 2 N–H and O–H groups in total. The second-order valence-electron chi connectivity index (χ2n) is 11.9. The number of esters is 1. The SMILES string of the molecule is CCCCCOC(=O)C(=C(C)OC(=O)OCC1c2ccccc2-c2ccccc21)C(c1ccccc1OC)N1CNCC2=C1CN=CN2. The van der Waals surface area contributed by atoms with Gasteiger partial charge in [0.05, 0.1) is 50.7 Å². The van der Waals surface area contributed by atoms with Crippen molar-refractivity contribution in [2.75, 3.05) is 40.1 Å². The first-order valence-corrected chi connectivity index (χ1v) is 16.5. The van der Waals surface area contributed by atoms with Gasteiger partial charge in [-0.15, -0.1) is 0 Å². The number of ether oxygens (including phenoxy) is 4. The van der Waals surface area contributed by atoms with Gasteiger partial charge in [0.1, 0.15) is 23.7 Å². The topological polar surface area (TPSA) is 111 Å². The average Bonchev–Trinajstić information content (AvgIpc) is 3.44. The van der Waals surface area contributed by atoms with E-state index in [2.05, 4.69) is 46.8 Å². The Morgan fingerprint density at radius 2 is 1.67 bits per heavy atom. The van der Waals surface area contributed by atoms with Crippen LogP contribution in [-0.2, 0) is 19.0 Å². The highest BCUT2D eigenvalue weighted by molar-refractivity contribution is 5.91. The molecule has 3 aromatic rings. The van der Waals surface area contributed by atoms with Crippen LogP contribution in [0.2, 0.25) is 0 Å². The number of benzene rings is 3. The molecule has 0 aromatic heterocycles. The van der Waals surface area contributed by atoms with Crippen LogP contribution in [-0.4, -0.2) is 63.4 Å². The number of rotatable bonds is 12. The minimum atomic E-state index is -0.898. The van der Waals surface area contributed by atoms with Crippen LogP contribution in [0.15, 0.2) is 101 Å². The Kier molecular flexibility index (Phi) is 10.4. The van der Waals surface area contributed by atoms with Crippen molar-refractivity contribution >= 4 is 18.5 Å². The van der Waals surface area contributed by atoms with Crippen molar-refractivity contribution in [3.8, 4) is 16.9 Å². The van der Waals surface area contributed by atoms with Gasteiger partial charge in [-0.25, -0.2) is 9.59 Å². The van der Waals surface area contributed by atoms with Crippen LogP contribution in [0.25, 0.3) is 11.1 Å². The first-order chi connectivity index (χ1) is 23.5. The van der Waals surface area contributed by atoms with E-state index in [0.29, 0.717) is 31.1 Å². The van der Waals surface area contributed by atoms with Crippen LogP contribution in [0, 0.1) is 0 Å². The summed E-state index contributed by atoms with van der Waals surface area (Å²) in [7, 11) is 1.59. The van der Waals surface area contributed by atoms with Gasteiger partial charge in [-0.05, 0) is 41.7 Å². The number of aliphatic imine (C=N–C) groups is 1. The Hall–Kier alpha value is -5.09. The van der Waals surface area contributed by atoms with Gasteiger partial charge in [-0.3, -0.25) is 10.3 Å². The monoisotopic (exact) mass is 650 g/mol. The summed E-state index contributed by atoms with van der Waals surface area (Å²) in [5.41, 5.74) is 7.19. The third kappa shape index (κ3) is 6.80. The molecular weight excluding hydrogens is 608 g/mol. The van der Waals surface area contributed by atoms with E-state index >= 15 is 0 Å². The quantitative estimate of drug-likeness (QED) is 0.0994. The maximum Gasteiger partial charge on any atom is 0.513 e. The zero-order chi connectivity index (χ0) is 33.5. The molecule has 0 bridgehead atoms. The lowest BCUT2D eigenvalue weighted by molar-refractivity contribution is -0.140. The lowest BCUT2D eigenvalue weighted by Gasteiger charge is -2.41. The Labute approximate surface area is 281 Å². The van der Waals surface area contributed by atoms with E-state index in [4.69, 9.17) is 18.9 Å². The van der Waals surface area contributed by atoms with E-state index in [0.717, 1.165) is 52.9 Å². The van der Waals surface area contributed by atoms with Crippen LogP contribution in [0.3, 0.4) is 0 Å². The first kappa shape index (κ1) is 32.8. The lowest BCUT2D eigenvalue weighted by atomic mass is 9.93. The van der Waals surface area contributed by atoms with Crippen molar-refractivity contribution in [2.45, 2.75) is 45.1 Å². The molecule has 1 atom stereocenters. The molecule has 0 saturated carbocycles. The molecule has 0 fully saturated rings. The molecule has 0 saturated heterocycles. The number of hydrogen-bond donors (Lipinski definition) is 2. The summed E-state index contributed by atoms with van der Waals surface area (Å²) >= 11 is 0. The first-order valence-electron chi connectivity index (χ1n) is 16.5. The highest BCUT2D eigenvalue weighted by Crippen LogP contribution is 2.45. The van der Waals surface area contributed by atoms with Crippen LogP contribution in [0.1, 0.15) is 61.8 Å². The third-order valence-electron chi connectivity index (χ3n) is 9.02. The summed E-state index contributed by atoms with van der Waals surface area (Å²) in [5.74, 6) is -0.0509. The number of carbonyl (C=O) groups is 2. The fourth-order valence-corrected chi connectivity index (χ4v) is 6.71. The maximum atomic E-state index is 14.1. The molecule has 48 heavy (non-hydrogen) atoms. The molecule has 0 spiro atoms. The molecule has 10 nitrogen and oxygen atoms in total. The van der Waals surface area contributed by atoms with E-state index in [1.54, 1.807) is 20.4 Å². The average molecular weight is 651 g/mol. The van der Waals surface area contributed by atoms with Crippen LogP contribution < -0.4 is 15.4 Å². The molecule has 6 rings (SSSR count). The number of carbonyl (C=O) groups excluding carboxylic acids is 2. The van der Waals surface area contributed by atoms with Crippen molar-refractivity contribution < 1.29 is 28.5 Å². The number of nitrogens with one attached hydrogen (secondary N) is 2.